The Morgan fingerprint density at radius 2 is 1.79 bits per heavy atom. The first-order valence-corrected chi connectivity index (χ1v) is 9.15. The average molecular weight is 411 g/mol. The predicted octanol–water partition coefficient (Wildman–Crippen LogP) is 5.68. The van der Waals surface area contributed by atoms with Crippen LogP contribution in [0.15, 0.2) is 30.3 Å². The number of carbonyl (C=O) groups excluding carboxylic acids is 1. The van der Waals surface area contributed by atoms with E-state index < -0.39 is 24.4 Å². The third-order valence-corrected chi connectivity index (χ3v) is 4.69. The fraction of sp³-hybridized carbons (Fsp3) is 0.381. The van der Waals surface area contributed by atoms with Crippen LogP contribution in [0.1, 0.15) is 41.7 Å². The molecule has 0 fully saturated rings. The number of hydrogen-bond acceptors (Lipinski definition) is 4. The standard InChI is InChI=1S/C21H24F3NO4/c1-5-14-11-15(6-2)19(10-13(14)3)29-12-16-17(21(22,23)24)8-7-9-18(16)25(27)20(26)28-4/h7-11,27H,5-6,12H2,1-4H3. The van der Waals surface area contributed by atoms with Crippen molar-refractivity contribution in [2.75, 3.05) is 12.2 Å². The Morgan fingerprint density at radius 1 is 1.14 bits per heavy atom. The molecule has 0 spiro atoms. The van der Waals surface area contributed by atoms with Crippen LogP contribution in [0.25, 0.3) is 0 Å². The quantitative estimate of drug-likeness (QED) is 0.491. The van der Waals surface area contributed by atoms with Gasteiger partial charge in [0, 0.05) is 5.56 Å². The van der Waals surface area contributed by atoms with Crippen molar-refractivity contribution in [2.45, 2.75) is 46.4 Å². The summed E-state index contributed by atoms with van der Waals surface area (Å²) < 4.78 is 50.8. The molecule has 2 aromatic carbocycles. The minimum atomic E-state index is -4.69. The molecule has 8 heteroatoms. The number of benzene rings is 2. The van der Waals surface area contributed by atoms with Gasteiger partial charge in [-0.05, 0) is 54.7 Å². The molecular formula is C21H24F3NO4. The molecule has 0 aliphatic carbocycles. The highest BCUT2D eigenvalue weighted by Gasteiger charge is 2.36. The van der Waals surface area contributed by atoms with Gasteiger partial charge in [-0.15, -0.1) is 0 Å². The zero-order valence-electron chi connectivity index (χ0n) is 16.8. The minimum Gasteiger partial charge on any atom is -0.489 e. The van der Waals surface area contributed by atoms with Crippen molar-refractivity contribution >= 4 is 11.8 Å². The molecule has 0 radical (unpaired) electrons. The predicted molar refractivity (Wildman–Crippen MR) is 102 cm³/mol. The molecule has 0 unspecified atom stereocenters. The zero-order valence-corrected chi connectivity index (χ0v) is 16.8. The topological polar surface area (TPSA) is 59.0 Å². The van der Waals surface area contributed by atoms with E-state index in [1.807, 2.05) is 26.8 Å². The fourth-order valence-electron chi connectivity index (χ4n) is 3.09. The fourth-order valence-corrected chi connectivity index (χ4v) is 3.09. The number of amides is 1. The summed E-state index contributed by atoms with van der Waals surface area (Å²) in [5, 5.41) is 10.0. The average Bonchev–Trinajstić information content (AvgIpc) is 2.70. The van der Waals surface area contributed by atoms with E-state index in [2.05, 4.69) is 4.74 Å². The highest BCUT2D eigenvalue weighted by atomic mass is 19.4. The number of hydroxylamine groups is 1. The second-order valence-corrected chi connectivity index (χ2v) is 6.47. The van der Waals surface area contributed by atoms with Gasteiger partial charge in [0.1, 0.15) is 12.4 Å². The number of rotatable bonds is 6. The molecule has 0 saturated carbocycles. The van der Waals surface area contributed by atoms with Gasteiger partial charge >= 0.3 is 12.3 Å². The van der Waals surface area contributed by atoms with E-state index >= 15 is 0 Å². The van der Waals surface area contributed by atoms with E-state index in [1.165, 1.54) is 6.07 Å². The highest BCUT2D eigenvalue weighted by Crippen LogP contribution is 2.37. The van der Waals surface area contributed by atoms with Gasteiger partial charge in [-0.2, -0.15) is 18.2 Å². The van der Waals surface area contributed by atoms with Crippen molar-refractivity contribution in [1.29, 1.82) is 0 Å². The third-order valence-electron chi connectivity index (χ3n) is 4.69. The molecule has 1 amide bonds. The monoisotopic (exact) mass is 411 g/mol. The van der Waals surface area contributed by atoms with Crippen LogP contribution in [-0.4, -0.2) is 18.4 Å². The molecule has 2 aromatic rings. The van der Waals surface area contributed by atoms with Crippen LogP contribution in [0.4, 0.5) is 23.7 Å². The van der Waals surface area contributed by atoms with Crippen molar-refractivity contribution in [3.8, 4) is 5.75 Å². The first-order valence-electron chi connectivity index (χ1n) is 9.15. The van der Waals surface area contributed by atoms with E-state index in [4.69, 9.17) is 4.74 Å². The summed E-state index contributed by atoms with van der Waals surface area (Å²) in [5.41, 5.74) is 1.25. The summed E-state index contributed by atoms with van der Waals surface area (Å²) in [6.45, 7) is 5.37. The Labute approximate surface area is 167 Å². The summed E-state index contributed by atoms with van der Waals surface area (Å²) in [6, 6.07) is 6.95. The largest absolute Gasteiger partial charge is 0.489 e. The normalized spacial score (nSPS) is 11.3. The van der Waals surface area contributed by atoms with Crippen molar-refractivity contribution in [3.63, 3.8) is 0 Å². The van der Waals surface area contributed by atoms with Gasteiger partial charge < -0.3 is 9.47 Å². The Balaban J connectivity index is 2.49. The number of anilines is 1. The van der Waals surface area contributed by atoms with Crippen LogP contribution in [0.5, 0.6) is 5.75 Å². The first kappa shape index (κ1) is 22.5. The molecule has 0 heterocycles. The molecule has 0 atom stereocenters. The Bertz CT molecular complexity index is 881. The van der Waals surface area contributed by atoms with Gasteiger partial charge in [0.15, 0.2) is 0 Å². The summed E-state index contributed by atoms with van der Waals surface area (Å²) in [7, 11) is 1.01. The van der Waals surface area contributed by atoms with E-state index in [1.54, 1.807) is 6.07 Å². The second kappa shape index (κ2) is 9.17. The maximum Gasteiger partial charge on any atom is 0.438 e. The molecular weight excluding hydrogens is 387 g/mol. The second-order valence-electron chi connectivity index (χ2n) is 6.47. The van der Waals surface area contributed by atoms with Crippen molar-refractivity contribution in [1.82, 2.24) is 0 Å². The van der Waals surface area contributed by atoms with Gasteiger partial charge in [-0.1, -0.05) is 26.0 Å². The van der Waals surface area contributed by atoms with E-state index in [0.717, 1.165) is 42.4 Å². The maximum absolute atomic E-state index is 13.5. The molecule has 2 rings (SSSR count). The number of hydrogen-bond donors (Lipinski definition) is 1. The van der Waals surface area contributed by atoms with Crippen LogP contribution in [0.2, 0.25) is 0 Å². The molecule has 5 nitrogen and oxygen atoms in total. The SMILES string of the molecule is CCc1cc(CC)c(OCc2c(N(O)C(=O)OC)cccc2C(F)(F)F)cc1C. The van der Waals surface area contributed by atoms with Crippen LogP contribution in [0.3, 0.4) is 0 Å². The van der Waals surface area contributed by atoms with E-state index in [0.29, 0.717) is 12.2 Å². The Hall–Kier alpha value is -2.74. The van der Waals surface area contributed by atoms with Gasteiger partial charge in [-0.25, -0.2) is 4.79 Å². The summed E-state index contributed by atoms with van der Waals surface area (Å²) in [4.78, 5) is 11.6. The Morgan fingerprint density at radius 3 is 2.34 bits per heavy atom. The van der Waals surface area contributed by atoms with E-state index in [9.17, 15) is 23.2 Å². The molecule has 0 aromatic heterocycles. The number of nitrogens with zero attached hydrogens (tertiary/aromatic N) is 1. The number of aryl methyl sites for hydroxylation is 3. The number of halogens is 3. The lowest BCUT2D eigenvalue weighted by molar-refractivity contribution is -0.138. The van der Waals surface area contributed by atoms with Gasteiger partial charge in [0.05, 0.1) is 18.4 Å². The van der Waals surface area contributed by atoms with Gasteiger partial charge in [0.25, 0.3) is 0 Å². The minimum absolute atomic E-state index is 0.0418. The summed E-state index contributed by atoms with van der Waals surface area (Å²) >= 11 is 0. The lowest BCUT2D eigenvalue weighted by Crippen LogP contribution is -2.29. The number of ether oxygens (including phenoxy) is 2. The number of methoxy groups -OCH3 is 1. The molecule has 1 N–H and O–H groups in total. The van der Waals surface area contributed by atoms with Crippen molar-refractivity contribution < 1.29 is 32.6 Å². The lowest BCUT2D eigenvalue weighted by Gasteiger charge is -2.22. The first-order chi connectivity index (χ1) is 13.6. The van der Waals surface area contributed by atoms with Crippen LogP contribution < -0.4 is 9.80 Å². The molecule has 29 heavy (non-hydrogen) atoms. The lowest BCUT2D eigenvalue weighted by atomic mass is 10.0. The van der Waals surface area contributed by atoms with Crippen LogP contribution in [-0.2, 0) is 30.4 Å². The molecule has 0 saturated heterocycles. The molecule has 0 aliphatic rings. The van der Waals surface area contributed by atoms with Crippen LogP contribution >= 0.6 is 0 Å². The van der Waals surface area contributed by atoms with Gasteiger partial charge in [0.2, 0.25) is 0 Å². The maximum atomic E-state index is 13.5. The summed E-state index contributed by atoms with van der Waals surface area (Å²) in [6.07, 6.45) is -4.42. The summed E-state index contributed by atoms with van der Waals surface area (Å²) in [5.74, 6) is 0.465. The number of carbonyl (C=O) groups is 1. The van der Waals surface area contributed by atoms with Crippen molar-refractivity contribution in [3.05, 3.63) is 58.1 Å². The van der Waals surface area contributed by atoms with Crippen molar-refractivity contribution in [2.24, 2.45) is 0 Å². The smallest absolute Gasteiger partial charge is 0.438 e. The van der Waals surface area contributed by atoms with Crippen LogP contribution in [0, 0.1) is 6.92 Å². The number of alkyl halides is 3. The Kier molecular flexibility index (Phi) is 7.13. The molecule has 0 aliphatic heterocycles. The molecule has 0 bridgehead atoms. The third kappa shape index (κ3) is 5.00. The molecule has 158 valence electrons. The van der Waals surface area contributed by atoms with E-state index in [-0.39, 0.29) is 16.3 Å². The zero-order chi connectivity index (χ0) is 21.8. The highest BCUT2D eigenvalue weighted by molar-refractivity contribution is 5.86. The van der Waals surface area contributed by atoms with Gasteiger partial charge in [-0.3, -0.25) is 5.21 Å².